The molecular formula is C12H25N3O2. The highest BCUT2D eigenvalue weighted by Crippen LogP contribution is 1.97. The number of amides is 1. The Labute approximate surface area is 104 Å². The molecular weight excluding hydrogens is 218 g/mol. The van der Waals surface area contributed by atoms with E-state index in [0.29, 0.717) is 6.54 Å². The predicted molar refractivity (Wildman–Crippen MR) is 68.0 cm³/mol. The van der Waals surface area contributed by atoms with Crippen molar-refractivity contribution in [3.63, 3.8) is 0 Å². The summed E-state index contributed by atoms with van der Waals surface area (Å²) in [7, 11) is 0. The highest BCUT2D eigenvalue weighted by molar-refractivity contribution is 5.78. The Morgan fingerprint density at radius 3 is 2.53 bits per heavy atom. The smallest absolute Gasteiger partial charge is 0.234 e. The normalized spacial score (nSPS) is 18.1. The largest absolute Gasteiger partial charge is 0.379 e. The van der Waals surface area contributed by atoms with Crippen LogP contribution in [0.3, 0.4) is 0 Å². The van der Waals surface area contributed by atoms with E-state index in [9.17, 15) is 4.79 Å². The first kappa shape index (κ1) is 14.4. The molecule has 17 heavy (non-hydrogen) atoms. The van der Waals surface area contributed by atoms with Gasteiger partial charge in [0.1, 0.15) is 0 Å². The first-order valence-electron chi connectivity index (χ1n) is 6.29. The van der Waals surface area contributed by atoms with E-state index in [1.807, 2.05) is 20.8 Å². The van der Waals surface area contributed by atoms with Crippen LogP contribution in [-0.4, -0.2) is 62.3 Å². The van der Waals surface area contributed by atoms with Crippen LogP contribution < -0.4 is 10.6 Å². The quantitative estimate of drug-likeness (QED) is 0.658. The minimum atomic E-state index is -0.150. The zero-order valence-corrected chi connectivity index (χ0v) is 11.2. The summed E-state index contributed by atoms with van der Waals surface area (Å²) in [5.74, 6) is 0.0551. The van der Waals surface area contributed by atoms with Gasteiger partial charge in [-0.1, -0.05) is 0 Å². The van der Waals surface area contributed by atoms with Gasteiger partial charge in [0.15, 0.2) is 0 Å². The van der Waals surface area contributed by atoms with E-state index in [4.69, 9.17) is 4.74 Å². The van der Waals surface area contributed by atoms with Gasteiger partial charge in [0.2, 0.25) is 5.91 Å². The molecule has 1 saturated heterocycles. The number of rotatable bonds is 5. The van der Waals surface area contributed by atoms with Gasteiger partial charge in [-0.05, 0) is 20.8 Å². The molecule has 0 bridgehead atoms. The molecule has 0 spiro atoms. The summed E-state index contributed by atoms with van der Waals surface area (Å²) in [5, 5.41) is 6.08. The van der Waals surface area contributed by atoms with E-state index in [-0.39, 0.29) is 11.4 Å². The first-order chi connectivity index (χ1) is 7.97. The average Bonchev–Trinajstić information content (AvgIpc) is 2.23. The molecule has 100 valence electrons. The van der Waals surface area contributed by atoms with E-state index in [1.165, 1.54) is 0 Å². The van der Waals surface area contributed by atoms with E-state index >= 15 is 0 Å². The molecule has 1 aliphatic heterocycles. The van der Waals surface area contributed by atoms with Crippen LogP contribution in [0.5, 0.6) is 0 Å². The second kappa shape index (κ2) is 6.93. The van der Waals surface area contributed by atoms with Crippen LogP contribution >= 0.6 is 0 Å². The molecule has 0 unspecified atom stereocenters. The number of nitrogens with one attached hydrogen (secondary N) is 2. The number of carbonyl (C=O) groups is 1. The molecule has 1 amide bonds. The van der Waals surface area contributed by atoms with E-state index in [2.05, 4.69) is 15.5 Å². The van der Waals surface area contributed by atoms with Gasteiger partial charge in [0.05, 0.1) is 19.8 Å². The zero-order chi connectivity index (χ0) is 12.7. The third-order valence-corrected chi connectivity index (χ3v) is 2.51. The van der Waals surface area contributed by atoms with Crippen molar-refractivity contribution >= 4 is 5.91 Å². The summed E-state index contributed by atoms with van der Waals surface area (Å²) >= 11 is 0. The van der Waals surface area contributed by atoms with Gasteiger partial charge >= 0.3 is 0 Å². The summed E-state index contributed by atoms with van der Waals surface area (Å²) in [6.07, 6.45) is 0. The van der Waals surface area contributed by atoms with Crippen molar-refractivity contribution < 1.29 is 9.53 Å². The van der Waals surface area contributed by atoms with Gasteiger partial charge < -0.3 is 15.4 Å². The van der Waals surface area contributed by atoms with Gasteiger partial charge in [-0.15, -0.1) is 0 Å². The third kappa shape index (κ3) is 7.31. The van der Waals surface area contributed by atoms with E-state index < -0.39 is 0 Å². The number of hydrogen-bond acceptors (Lipinski definition) is 4. The summed E-state index contributed by atoms with van der Waals surface area (Å²) < 4.78 is 5.27. The fourth-order valence-corrected chi connectivity index (χ4v) is 1.73. The maximum absolute atomic E-state index is 11.5. The fourth-order valence-electron chi connectivity index (χ4n) is 1.73. The lowest BCUT2D eigenvalue weighted by Crippen LogP contribution is -2.46. The lowest BCUT2D eigenvalue weighted by Gasteiger charge is -2.26. The molecule has 0 radical (unpaired) electrons. The van der Waals surface area contributed by atoms with Gasteiger partial charge in [0, 0.05) is 31.7 Å². The average molecular weight is 243 g/mol. The Balaban J connectivity index is 2.01. The molecule has 1 fully saturated rings. The maximum atomic E-state index is 11.5. The van der Waals surface area contributed by atoms with Gasteiger partial charge in [-0.3, -0.25) is 9.69 Å². The standard InChI is InChI=1S/C12H25N3O2/c1-12(2,3)14-11(16)10-13-4-5-15-6-8-17-9-7-15/h13H,4-10H2,1-3H3,(H,14,16). The molecule has 5 heteroatoms. The molecule has 2 N–H and O–H groups in total. The van der Waals surface area contributed by atoms with Crippen molar-refractivity contribution in [3.05, 3.63) is 0 Å². The minimum Gasteiger partial charge on any atom is -0.379 e. The Morgan fingerprint density at radius 1 is 1.29 bits per heavy atom. The monoisotopic (exact) mass is 243 g/mol. The van der Waals surface area contributed by atoms with E-state index in [1.54, 1.807) is 0 Å². The van der Waals surface area contributed by atoms with Crippen LogP contribution in [0, 0.1) is 0 Å². The highest BCUT2D eigenvalue weighted by Gasteiger charge is 2.13. The van der Waals surface area contributed by atoms with Crippen molar-refractivity contribution in [2.75, 3.05) is 45.9 Å². The SMILES string of the molecule is CC(C)(C)NC(=O)CNCCN1CCOCC1. The minimum absolute atomic E-state index is 0.0551. The molecule has 0 aromatic heterocycles. The van der Waals surface area contributed by atoms with Crippen LogP contribution in [0.2, 0.25) is 0 Å². The third-order valence-electron chi connectivity index (χ3n) is 2.51. The number of morpholine rings is 1. The number of ether oxygens (including phenoxy) is 1. The summed E-state index contributed by atoms with van der Waals surface area (Å²) in [5.41, 5.74) is -0.150. The summed E-state index contributed by atoms with van der Waals surface area (Å²) in [4.78, 5) is 13.8. The van der Waals surface area contributed by atoms with Crippen LogP contribution in [0.1, 0.15) is 20.8 Å². The number of hydrogen-bond donors (Lipinski definition) is 2. The van der Waals surface area contributed by atoms with Crippen molar-refractivity contribution in [2.24, 2.45) is 0 Å². The fraction of sp³-hybridized carbons (Fsp3) is 0.917. The predicted octanol–water partition coefficient (Wildman–Crippen LogP) is -0.177. The van der Waals surface area contributed by atoms with Crippen LogP contribution in [0.25, 0.3) is 0 Å². The molecule has 1 rings (SSSR count). The Kier molecular flexibility index (Phi) is 5.88. The molecule has 5 nitrogen and oxygen atoms in total. The molecule has 0 aromatic carbocycles. The topological polar surface area (TPSA) is 53.6 Å². The highest BCUT2D eigenvalue weighted by atomic mass is 16.5. The summed E-state index contributed by atoms with van der Waals surface area (Å²) in [6.45, 7) is 11.8. The van der Waals surface area contributed by atoms with Crippen LogP contribution in [-0.2, 0) is 9.53 Å². The zero-order valence-electron chi connectivity index (χ0n) is 11.2. The van der Waals surface area contributed by atoms with Crippen LogP contribution in [0.4, 0.5) is 0 Å². The van der Waals surface area contributed by atoms with Crippen molar-refractivity contribution in [1.82, 2.24) is 15.5 Å². The first-order valence-corrected chi connectivity index (χ1v) is 6.29. The molecule has 0 saturated carbocycles. The molecule has 1 heterocycles. The van der Waals surface area contributed by atoms with Crippen LogP contribution in [0.15, 0.2) is 0 Å². The Morgan fingerprint density at radius 2 is 1.94 bits per heavy atom. The number of carbonyl (C=O) groups excluding carboxylic acids is 1. The lowest BCUT2D eigenvalue weighted by molar-refractivity contribution is -0.121. The summed E-state index contributed by atoms with van der Waals surface area (Å²) in [6, 6.07) is 0. The molecule has 1 aliphatic rings. The lowest BCUT2D eigenvalue weighted by atomic mass is 10.1. The molecule has 0 atom stereocenters. The van der Waals surface area contributed by atoms with E-state index in [0.717, 1.165) is 39.4 Å². The maximum Gasteiger partial charge on any atom is 0.234 e. The van der Waals surface area contributed by atoms with Gasteiger partial charge in [-0.25, -0.2) is 0 Å². The second-order valence-electron chi connectivity index (χ2n) is 5.43. The molecule has 0 aliphatic carbocycles. The Hall–Kier alpha value is -0.650. The second-order valence-corrected chi connectivity index (χ2v) is 5.43. The molecule has 0 aromatic rings. The van der Waals surface area contributed by atoms with Crippen molar-refractivity contribution in [3.8, 4) is 0 Å². The van der Waals surface area contributed by atoms with Gasteiger partial charge in [0.25, 0.3) is 0 Å². The van der Waals surface area contributed by atoms with Gasteiger partial charge in [-0.2, -0.15) is 0 Å². The van der Waals surface area contributed by atoms with Crippen molar-refractivity contribution in [2.45, 2.75) is 26.3 Å². The Bertz CT molecular complexity index is 232. The van der Waals surface area contributed by atoms with Crippen molar-refractivity contribution in [1.29, 1.82) is 0 Å². The number of nitrogens with zero attached hydrogens (tertiary/aromatic N) is 1.